The standard InChI is InChI=1S/C12H18BrNO2S/c1-3-17(15,16)7-6-14-9-11-5-4-10(2)8-12(11)13/h4-5,8,14H,3,6-7,9H2,1-2H3. The zero-order valence-corrected chi connectivity index (χ0v) is 12.6. The van der Waals surface area contributed by atoms with Gasteiger partial charge in [-0.05, 0) is 24.1 Å². The molecule has 5 heteroatoms. The molecule has 0 atom stereocenters. The Morgan fingerprint density at radius 2 is 2.06 bits per heavy atom. The summed E-state index contributed by atoms with van der Waals surface area (Å²) in [5.41, 5.74) is 2.35. The summed E-state index contributed by atoms with van der Waals surface area (Å²) >= 11 is 3.49. The molecular formula is C12H18BrNO2S. The van der Waals surface area contributed by atoms with Crippen LogP contribution in [0.15, 0.2) is 22.7 Å². The summed E-state index contributed by atoms with van der Waals surface area (Å²) in [6.07, 6.45) is 0. The van der Waals surface area contributed by atoms with Crippen molar-refractivity contribution in [1.82, 2.24) is 5.32 Å². The maximum Gasteiger partial charge on any atom is 0.151 e. The third-order valence-corrected chi connectivity index (χ3v) is 5.00. The van der Waals surface area contributed by atoms with Gasteiger partial charge in [-0.1, -0.05) is 35.0 Å². The van der Waals surface area contributed by atoms with Gasteiger partial charge in [0, 0.05) is 23.3 Å². The molecule has 0 radical (unpaired) electrons. The molecule has 1 N–H and O–H groups in total. The second kappa shape index (κ2) is 6.52. The fourth-order valence-corrected chi connectivity index (χ4v) is 2.77. The average molecular weight is 320 g/mol. The van der Waals surface area contributed by atoms with Crippen molar-refractivity contribution >= 4 is 25.8 Å². The summed E-state index contributed by atoms with van der Waals surface area (Å²) in [4.78, 5) is 0. The second-order valence-corrected chi connectivity index (χ2v) is 7.34. The number of hydrogen-bond donors (Lipinski definition) is 1. The van der Waals surface area contributed by atoms with Crippen molar-refractivity contribution in [2.45, 2.75) is 20.4 Å². The average Bonchev–Trinajstić information content (AvgIpc) is 2.27. The van der Waals surface area contributed by atoms with E-state index in [-0.39, 0.29) is 11.5 Å². The molecule has 0 aliphatic heterocycles. The summed E-state index contributed by atoms with van der Waals surface area (Å²) in [6.45, 7) is 4.89. The fourth-order valence-electron chi connectivity index (χ4n) is 1.39. The van der Waals surface area contributed by atoms with Crippen LogP contribution in [0.2, 0.25) is 0 Å². The minimum Gasteiger partial charge on any atom is -0.312 e. The number of aryl methyl sites for hydroxylation is 1. The van der Waals surface area contributed by atoms with Gasteiger partial charge in [0.05, 0.1) is 5.75 Å². The summed E-state index contributed by atoms with van der Waals surface area (Å²) in [5.74, 6) is 0.413. The topological polar surface area (TPSA) is 46.2 Å². The van der Waals surface area contributed by atoms with Crippen LogP contribution in [-0.4, -0.2) is 26.5 Å². The number of hydrogen-bond acceptors (Lipinski definition) is 3. The Morgan fingerprint density at radius 1 is 1.35 bits per heavy atom. The molecule has 1 aromatic rings. The molecular weight excluding hydrogens is 302 g/mol. The van der Waals surface area contributed by atoms with Gasteiger partial charge in [-0.15, -0.1) is 0 Å². The van der Waals surface area contributed by atoms with E-state index in [2.05, 4.69) is 27.3 Å². The van der Waals surface area contributed by atoms with Gasteiger partial charge in [0.15, 0.2) is 9.84 Å². The molecule has 0 saturated heterocycles. The first-order valence-electron chi connectivity index (χ1n) is 5.61. The molecule has 0 aliphatic carbocycles. The minimum atomic E-state index is -2.86. The van der Waals surface area contributed by atoms with Gasteiger partial charge in [-0.25, -0.2) is 8.42 Å². The number of rotatable bonds is 6. The Balaban J connectivity index is 2.41. The number of sulfone groups is 1. The van der Waals surface area contributed by atoms with Crippen molar-refractivity contribution in [2.75, 3.05) is 18.1 Å². The van der Waals surface area contributed by atoms with Crippen LogP contribution < -0.4 is 5.32 Å². The molecule has 1 aromatic carbocycles. The van der Waals surface area contributed by atoms with E-state index >= 15 is 0 Å². The Hall–Kier alpha value is -0.390. The monoisotopic (exact) mass is 319 g/mol. The predicted molar refractivity (Wildman–Crippen MR) is 74.9 cm³/mol. The van der Waals surface area contributed by atoms with Crippen LogP contribution in [0.4, 0.5) is 0 Å². The second-order valence-electron chi connectivity index (χ2n) is 4.01. The van der Waals surface area contributed by atoms with Crippen molar-refractivity contribution in [3.63, 3.8) is 0 Å². The third kappa shape index (κ3) is 5.19. The Bertz CT molecular complexity index is 471. The SMILES string of the molecule is CCS(=O)(=O)CCNCc1ccc(C)cc1Br. The summed E-state index contributed by atoms with van der Waals surface area (Å²) in [7, 11) is -2.86. The number of halogens is 1. The van der Waals surface area contributed by atoms with E-state index in [9.17, 15) is 8.42 Å². The molecule has 0 aliphatic rings. The Kier molecular flexibility index (Phi) is 5.62. The Morgan fingerprint density at radius 3 is 2.65 bits per heavy atom. The first-order chi connectivity index (χ1) is 7.94. The lowest BCUT2D eigenvalue weighted by atomic mass is 10.1. The molecule has 0 unspecified atom stereocenters. The zero-order valence-electron chi connectivity index (χ0n) is 10.2. The van der Waals surface area contributed by atoms with Crippen LogP contribution in [0.3, 0.4) is 0 Å². The first kappa shape index (κ1) is 14.7. The summed E-state index contributed by atoms with van der Waals surface area (Å²) < 4.78 is 23.6. The van der Waals surface area contributed by atoms with E-state index in [1.54, 1.807) is 6.92 Å². The highest BCUT2D eigenvalue weighted by Crippen LogP contribution is 2.17. The van der Waals surface area contributed by atoms with Gasteiger partial charge in [0.2, 0.25) is 0 Å². The molecule has 0 heterocycles. The van der Waals surface area contributed by atoms with E-state index in [1.165, 1.54) is 5.56 Å². The largest absolute Gasteiger partial charge is 0.312 e. The van der Waals surface area contributed by atoms with Gasteiger partial charge in [-0.3, -0.25) is 0 Å². The first-order valence-corrected chi connectivity index (χ1v) is 8.22. The normalized spacial score (nSPS) is 11.7. The number of nitrogens with one attached hydrogen (secondary N) is 1. The van der Waals surface area contributed by atoms with Gasteiger partial charge in [0.1, 0.15) is 0 Å². The highest BCUT2D eigenvalue weighted by molar-refractivity contribution is 9.10. The Labute approximate surface area is 112 Å². The van der Waals surface area contributed by atoms with Crippen LogP contribution in [-0.2, 0) is 16.4 Å². The lowest BCUT2D eigenvalue weighted by Crippen LogP contribution is -2.23. The molecule has 3 nitrogen and oxygen atoms in total. The van der Waals surface area contributed by atoms with Crippen molar-refractivity contribution < 1.29 is 8.42 Å². The van der Waals surface area contributed by atoms with Gasteiger partial charge >= 0.3 is 0 Å². The molecule has 0 amide bonds. The fraction of sp³-hybridized carbons (Fsp3) is 0.500. The highest BCUT2D eigenvalue weighted by Gasteiger charge is 2.06. The van der Waals surface area contributed by atoms with Crippen LogP contribution in [0.1, 0.15) is 18.1 Å². The maximum atomic E-state index is 11.3. The molecule has 0 fully saturated rings. The highest BCUT2D eigenvalue weighted by atomic mass is 79.9. The maximum absolute atomic E-state index is 11.3. The van der Waals surface area contributed by atoms with Crippen molar-refractivity contribution in [1.29, 1.82) is 0 Å². The molecule has 17 heavy (non-hydrogen) atoms. The van der Waals surface area contributed by atoms with Crippen LogP contribution in [0.5, 0.6) is 0 Å². The number of benzene rings is 1. The van der Waals surface area contributed by atoms with Crippen LogP contribution in [0.25, 0.3) is 0 Å². The van der Waals surface area contributed by atoms with Crippen molar-refractivity contribution in [2.24, 2.45) is 0 Å². The van der Waals surface area contributed by atoms with Gasteiger partial charge in [-0.2, -0.15) is 0 Å². The molecule has 0 saturated carbocycles. The third-order valence-electron chi connectivity index (χ3n) is 2.55. The van der Waals surface area contributed by atoms with E-state index in [0.29, 0.717) is 13.1 Å². The van der Waals surface area contributed by atoms with Crippen molar-refractivity contribution in [3.8, 4) is 0 Å². The van der Waals surface area contributed by atoms with Crippen molar-refractivity contribution in [3.05, 3.63) is 33.8 Å². The smallest absolute Gasteiger partial charge is 0.151 e. The lowest BCUT2D eigenvalue weighted by molar-refractivity contribution is 0.592. The van der Waals surface area contributed by atoms with E-state index in [4.69, 9.17) is 0 Å². The van der Waals surface area contributed by atoms with E-state index in [0.717, 1.165) is 10.0 Å². The summed E-state index contributed by atoms with van der Waals surface area (Å²) in [5, 5.41) is 3.14. The van der Waals surface area contributed by atoms with E-state index < -0.39 is 9.84 Å². The van der Waals surface area contributed by atoms with Gasteiger partial charge in [0.25, 0.3) is 0 Å². The van der Waals surface area contributed by atoms with Gasteiger partial charge < -0.3 is 5.32 Å². The van der Waals surface area contributed by atoms with E-state index in [1.807, 2.05) is 19.1 Å². The van der Waals surface area contributed by atoms with Crippen LogP contribution in [0, 0.1) is 6.92 Å². The molecule has 1 rings (SSSR count). The zero-order chi connectivity index (χ0) is 12.9. The molecule has 96 valence electrons. The molecule has 0 aromatic heterocycles. The molecule has 0 spiro atoms. The van der Waals surface area contributed by atoms with Crippen LogP contribution >= 0.6 is 15.9 Å². The predicted octanol–water partition coefficient (Wildman–Crippen LogP) is 2.28. The minimum absolute atomic E-state index is 0.201. The summed E-state index contributed by atoms with van der Waals surface area (Å²) in [6, 6.07) is 6.14. The lowest BCUT2D eigenvalue weighted by Gasteiger charge is -2.07. The quantitative estimate of drug-likeness (QED) is 0.818. The molecule has 0 bridgehead atoms.